The lowest BCUT2D eigenvalue weighted by Crippen LogP contribution is -2.34. The lowest BCUT2D eigenvalue weighted by atomic mass is 10.0. The summed E-state index contributed by atoms with van der Waals surface area (Å²) in [5.74, 6) is 0.0570. The maximum absolute atomic E-state index is 11.8. The van der Waals surface area contributed by atoms with Gasteiger partial charge in [0.25, 0.3) is 0 Å². The molecule has 1 aliphatic rings. The van der Waals surface area contributed by atoms with Crippen molar-refractivity contribution in [3.05, 3.63) is 0 Å². The molecule has 5 heteroatoms. The molecule has 0 aromatic rings. The van der Waals surface area contributed by atoms with Crippen molar-refractivity contribution in [1.82, 2.24) is 10.6 Å². The Labute approximate surface area is 115 Å². The van der Waals surface area contributed by atoms with Crippen molar-refractivity contribution >= 4 is 11.8 Å². The Bertz CT molecular complexity index is 301. The monoisotopic (exact) mass is 269 g/mol. The largest absolute Gasteiger partial charge is 0.355 e. The molecule has 1 fully saturated rings. The predicted molar refractivity (Wildman–Crippen MR) is 75.5 cm³/mol. The van der Waals surface area contributed by atoms with E-state index in [0.717, 1.165) is 32.1 Å². The smallest absolute Gasteiger partial charge is 0.222 e. The Morgan fingerprint density at radius 1 is 1.26 bits per heavy atom. The fraction of sp³-hybridized carbons (Fsp3) is 0.857. The summed E-state index contributed by atoms with van der Waals surface area (Å²) >= 11 is 0. The number of nitrogens with one attached hydrogen (secondary N) is 2. The highest BCUT2D eigenvalue weighted by molar-refractivity contribution is 5.80. The molecule has 1 saturated carbocycles. The fourth-order valence-corrected chi connectivity index (χ4v) is 1.88. The second kappa shape index (κ2) is 8.15. The van der Waals surface area contributed by atoms with E-state index in [0.29, 0.717) is 19.0 Å². The number of rotatable bonds is 9. The molecule has 2 unspecified atom stereocenters. The van der Waals surface area contributed by atoms with Crippen LogP contribution < -0.4 is 16.4 Å². The number of amides is 2. The third kappa shape index (κ3) is 7.82. The van der Waals surface area contributed by atoms with Gasteiger partial charge in [0.05, 0.1) is 0 Å². The lowest BCUT2D eigenvalue weighted by molar-refractivity contribution is -0.125. The molecule has 19 heavy (non-hydrogen) atoms. The van der Waals surface area contributed by atoms with Gasteiger partial charge in [0.2, 0.25) is 11.8 Å². The van der Waals surface area contributed by atoms with Crippen LogP contribution in [0, 0.1) is 5.92 Å². The molecule has 4 N–H and O–H groups in total. The summed E-state index contributed by atoms with van der Waals surface area (Å²) < 4.78 is 0. The van der Waals surface area contributed by atoms with Gasteiger partial charge in [-0.25, -0.2) is 0 Å². The van der Waals surface area contributed by atoms with E-state index < -0.39 is 0 Å². The first-order valence-corrected chi connectivity index (χ1v) is 7.31. The van der Waals surface area contributed by atoms with Gasteiger partial charge in [0.1, 0.15) is 0 Å². The minimum Gasteiger partial charge on any atom is -0.355 e. The molecule has 5 nitrogen and oxygen atoms in total. The van der Waals surface area contributed by atoms with E-state index in [1.54, 1.807) is 0 Å². The molecule has 0 aromatic heterocycles. The summed E-state index contributed by atoms with van der Waals surface area (Å²) in [4.78, 5) is 23.2. The molecule has 2 atom stereocenters. The van der Waals surface area contributed by atoms with Crippen LogP contribution in [0.15, 0.2) is 0 Å². The number of hydrogen-bond acceptors (Lipinski definition) is 3. The Hall–Kier alpha value is -1.10. The standard InChI is InChI=1S/C14H27N3O2/c1-10(4-3-5-11(2)15)14(19)16-9-8-13(18)17-12-6-7-12/h10-12H,3-9,15H2,1-2H3,(H,16,19)(H,17,18). The molecule has 1 rings (SSSR count). The second-order valence-corrected chi connectivity index (χ2v) is 5.69. The summed E-state index contributed by atoms with van der Waals surface area (Å²) in [5.41, 5.74) is 5.67. The van der Waals surface area contributed by atoms with E-state index in [1.807, 2.05) is 13.8 Å². The quantitative estimate of drug-likeness (QED) is 0.582. The van der Waals surface area contributed by atoms with Crippen molar-refractivity contribution in [2.45, 2.75) is 64.5 Å². The van der Waals surface area contributed by atoms with Crippen LogP contribution in [0.5, 0.6) is 0 Å². The van der Waals surface area contributed by atoms with Gasteiger partial charge in [-0.3, -0.25) is 9.59 Å². The Kier molecular flexibility index (Phi) is 6.84. The predicted octanol–water partition coefficient (Wildman–Crippen LogP) is 0.925. The second-order valence-electron chi connectivity index (χ2n) is 5.69. The van der Waals surface area contributed by atoms with Crippen molar-refractivity contribution in [3.8, 4) is 0 Å². The minimum absolute atomic E-state index is 0.00903. The summed E-state index contributed by atoms with van der Waals surface area (Å²) in [6.45, 7) is 4.32. The molecule has 0 heterocycles. The number of hydrogen-bond donors (Lipinski definition) is 3. The molecule has 0 bridgehead atoms. The van der Waals surface area contributed by atoms with Crippen LogP contribution in [-0.4, -0.2) is 30.4 Å². The van der Waals surface area contributed by atoms with E-state index in [1.165, 1.54) is 0 Å². The first-order chi connectivity index (χ1) is 8.99. The van der Waals surface area contributed by atoms with Gasteiger partial charge < -0.3 is 16.4 Å². The van der Waals surface area contributed by atoms with Gasteiger partial charge in [-0.15, -0.1) is 0 Å². The first kappa shape index (κ1) is 16.0. The zero-order valence-corrected chi connectivity index (χ0v) is 12.1. The zero-order valence-electron chi connectivity index (χ0n) is 12.1. The molecule has 0 saturated heterocycles. The van der Waals surface area contributed by atoms with Gasteiger partial charge in [-0.2, -0.15) is 0 Å². The Morgan fingerprint density at radius 2 is 1.95 bits per heavy atom. The van der Waals surface area contributed by atoms with Crippen LogP contribution in [0.1, 0.15) is 52.4 Å². The molecular formula is C14H27N3O2. The summed E-state index contributed by atoms with van der Waals surface area (Å²) in [6, 6.07) is 0.585. The molecule has 110 valence electrons. The van der Waals surface area contributed by atoms with Gasteiger partial charge in [-0.1, -0.05) is 13.3 Å². The zero-order chi connectivity index (χ0) is 14.3. The van der Waals surface area contributed by atoms with Crippen molar-refractivity contribution in [3.63, 3.8) is 0 Å². The van der Waals surface area contributed by atoms with E-state index in [-0.39, 0.29) is 23.8 Å². The van der Waals surface area contributed by atoms with Crippen LogP contribution in [0.3, 0.4) is 0 Å². The molecule has 0 aliphatic heterocycles. The molecule has 0 radical (unpaired) electrons. The first-order valence-electron chi connectivity index (χ1n) is 7.31. The molecule has 0 aromatic carbocycles. The van der Waals surface area contributed by atoms with Crippen LogP contribution in [-0.2, 0) is 9.59 Å². The third-order valence-electron chi connectivity index (χ3n) is 3.34. The topological polar surface area (TPSA) is 84.2 Å². The third-order valence-corrected chi connectivity index (χ3v) is 3.34. The molecule has 1 aliphatic carbocycles. The highest BCUT2D eigenvalue weighted by Crippen LogP contribution is 2.18. The van der Waals surface area contributed by atoms with E-state index in [2.05, 4.69) is 10.6 Å². The lowest BCUT2D eigenvalue weighted by Gasteiger charge is -2.12. The number of carbonyl (C=O) groups excluding carboxylic acids is 2. The Balaban J connectivity index is 2.03. The van der Waals surface area contributed by atoms with Crippen molar-refractivity contribution in [1.29, 1.82) is 0 Å². The van der Waals surface area contributed by atoms with Crippen LogP contribution in [0.4, 0.5) is 0 Å². The summed E-state index contributed by atoms with van der Waals surface area (Å²) in [6.07, 6.45) is 5.32. The van der Waals surface area contributed by atoms with Gasteiger partial charge in [-0.05, 0) is 32.6 Å². The van der Waals surface area contributed by atoms with Gasteiger partial charge in [0.15, 0.2) is 0 Å². The Morgan fingerprint density at radius 3 is 2.53 bits per heavy atom. The summed E-state index contributed by atoms with van der Waals surface area (Å²) in [7, 11) is 0. The SMILES string of the molecule is CC(N)CCCC(C)C(=O)NCCC(=O)NC1CC1. The molecular weight excluding hydrogens is 242 g/mol. The average molecular weight is 269 g/mol. The van der Waals surface area contributed by atoms with E-state index in [9.17, 15) is 9.59 Å². The van der Waals surface area contributed by atoms with Crippen molar-refractivity contribution in [2.24, 2.45) is 11.7 Å². The van der Waals surface area contributed by atoms with Crippen molar-refractivity contribution in [2.75, 3.05) is 6.54 Å². The maximum Gasteiger partial charge on any atom is 0.222 e. The molecule has 2 amide bonds. The van der Waals surface area contributed by atoms with Crippen LogP contribution >= 0.6 is 0 Å². The fourth-order valence-electron chi connectivity index (χ4n) is 1.88. The number of nitrogens with two attached hydrogens (primary N) is 1. The van der Waals surface area contributed by atoms with Crippen LogP contribution in [0.2, 0.25) is 0 Å². The summed E-state index contributed by atoms with van der Waals surface area (Å²) in [5, 5.41) is 5.71. The molecule has 0 spiro atoms. The van der Waals surface area contributed by atoms with Gasteiger partial charge in [0, 0.05) is 31.0 Å². The normalized spacial score (nSPS) is 17.6. The highest BCUT2D eigenvalue weighted by atomic mass is 16.2. The van der Waals surface area contributed by atoms with E-state index >= 15 is 0 Å². The van der Waals surface area contributed by atoms with E-state index in [4.69, 9.17) is 5.73 Å². The minimum atomic E-state index is -0.00903. The van der Waals surface area contributed by atoms with Crippen molar-refractivity contribution < 1.29 is 9.59 Å². The van der Waals surface area contributed by atoms with Gasteiger partial charge >= 0.3 is 0 Å². The van der Waals surface area contributed by atoms with Crippen LogP contribution in [0.25, 0.3) is 0 Å². The highest BCUT2D eigenvalue weighted by Gasteiger charge is 2.23. The number of carbonyl (C=O) groups is 2. The maximum atomic E-state index is 11.8. The average Bonchev–Trinajstić information content (AvgIpc) is 3.12.